The number of amides is 1. The van der Waals surface area contributed by atoms with Gasteiger partial charge in [0.15, 0.2) is 5.60 Å². The summed E-state index contributed by atoms with van der Waals surface area (Å²) >= 11 is 0. The lowest BCUT2D eigenvalue weighted by Crippen LogP contribution is -2.83. The molecule has 1 fully saturated rings. The van der Waals surface area contributed by atoms with Crippen molar-refractivity contribution < 1.29 is 9.90 Å². The van der Waals surface area contributed by atoms with Crippen LogP contribution in [0.5, 0.6) is 0 Å². The number of hydrogen-bond acceptors (Lipinski definition) is 2. The predicted octanol–water partition coefficient (Wildman–Crippen LogP) is 2.40. The van der Waals surface area contributed by atoms with E-state index >= 15 is 0 Å². The lowest BCUT2D eigenvalue weighted by Gasteiger charge is -2.65. The molecule has 1 aromatic rings. The van der Waals surface area contributed by atoms with Crippen LogP contribution < -0.4 is 0 Å². The molecule has 1 N–H and O–H groups in total. The van der Waals surface area contributed by atoms with E-state index in [0.29, 0.717) is 5.56 Å². The van der Waals surface area contributed by atoms with E-state index in [-0.39, 0.29) is 17.7 Å². The van der Waals surface area contributed by atoms with Crippen LogP contribution in [0.3, 0.4) is 0 Å². The van der Waals surface area contributed by atoms with Crippen molar-refractivity contribution in [2.24, 2.45) is 11.8 Å². The maximum absolute atomic E-state index is 12.4. The van der Waals surface area contributed by atoms with Crippen molar-refractivity contribution in [2.45, 2.75) is 38.8 Å². The molecule has 0 aliphatic carbocycles. The number of β-lactam (4-membered cyclic amide) rings is 1. The van der Waals surface area contributed by atoms with Crippen molar-refractivity contribution in [3.05, 3.63) is 35.9 Å². The second-order valence-corrected chi connectivity index (χ2v) is 6.08. The van der Waals surface area contributed by atoms with Crippen LogP contribution in [0.25, 0.3) is 0 Å². The molecule has 104 valence electrons. The van der Waals surface area contributed by atoms with Gasteiger partial charge in [0, 0.05) is 7.05 Å². The van der Waals surface area contributed by atoms with Crippen LogP contribution >= 0.6 is 0 Å². The van der Waals surface area contributed by atoms with Gasteiger partial charge < -0.3 is 10.0 Å². The molecule has 1 heterocycles. The van der Waals surface area contributed by atoms with E-state index < -0.39 is 11.1 Å². The molecule has 0 saturated carbocycles. The van der Waals surface area contributed by atoms with Crippen molar-refractivity contribution in [1.82, 2.24) is 4.90 Å². The smallest absolute Gasteiger partial charge is 0.262 e. The summed E-state index contributed by atoms with van der Waals surface area (Å²) in [5.74, 6) is 0.127. The molecule has 1 aliphatic heterocycles. The summed E-state index contributed by atoms with van der Waals surface area (Å²) in [6, 6.07) is 9.30. The topological polar surface area (TPSA) is 40.5 Å². The zero-order chi connectivity index (χ0) is 14.4. The average molecular weight is 261 g/mol. The van der Waals surface area contributed by atoms with Gasteiger partial charge in [-0.1, -0.05) is 58.0 Å². The zero-order valence-electron chi connectivity index (χ0n) is 12.3. The summed E-state index contributed by atoms with van der Waals surface area (Å²) in [5, 5.41) is 11.2. The van der Waals surface area contributed by atoms with Crippen LogP contribution in [0, 0.1) is 11.8 Å². The fourth-order valence-corrected chi connectivity index (χ4v) is 4.08. The Morgan fingerprint density at radius 1 is 1.05 bits per heavy atom. The van der Waals surface area contributed by atoms with E-state index in [2.05, 4.69) is 27.7 Å². The second-order valence-electron chi connectivity index (χ2n) is 6.08. The average Bonchev–Trinajstić information content (AvgIpc) is 2.38. The third kappa shape index (κ3) is 1.45. The lowest BCUT2D eigenvalue weighted by atomic mass is 9.55. The minimum Gasteiger partial charge on any atom is -0.373 e. The number of rotatable bonds is 3. The van der Waals surface area contributed by atoms with Crippen LogP contribution in [0.1, 0.15) is 33.3 Å². The fraction of sp³-hybridized carbons (Fsp3) is 0.562. The monoisotopic (exact) mass is 261 g/mol. The third-order valence-corrected chi connectivity index (χ3v) is 4.70. The van der Waals surface area contributed by atoms with Gasteiger partial charge in [-0.2, -0.15) is 0 Å². The van der Waals surface area contributed by atoms with Gasteiger partial charge in [0.05, 0.1) is 5.54 Å². The summed E-state index contributed by atoms with van der Waals surface area (Å²) in [4.78, 5) is 14.1. The summed E-state index contributed by atoms with van der Waals surface area (Å²) in [6.45, 7) is 8.27. The summed E-state index contributed by atoms with van der Waals surface area (Å²) in [5.41, 5.74) is -1.27. The molecular formula is C16H23NO2. The maximum Gasteiger partial charge on any atom is 0.262 e. The van der Waals surface area contributed by atoms with Gasteiger partial charge in [-0.05, 0) is 17.4 Å². The Kier molecular flexibility index (Phi) is 3.21. The molecule has 19 heavy (non-hydrogen) atoms. The van der Waals surface area contributed by atoms with Gasteiger partial charge in [0.25, 0.3) is 5.91 Å². The van der Waals surface area contributed by atoms with Crippen LogP contribution in [-0.2, 0) is 10.4 Å². The molecule has 3 heteroatoms. The van der Waals surface area contributed by atoms with Crippen molar-refractivity contribution in [1.29, 1.82) is 0 Å². The molecule has 0 radical (unpaired) electrons. The van der Waals surface area contributed by atoms with Crippen molar-refractivity contribution in [3.8, 4) is 0 Å². The fourth-order valence-electron chi connectivity index (χ4n) is 4.08. The van der Waals surface area contributed by atoms with Crippen LogP contribution in [0.2, 0.25) is 0 Å². The number of hydrogen-bond donors (Lipinski definition) is 1. The Labute approximate surface area is 115 Å². The Morgan fingerprint density at radius 3 is 1.95 bits per heavy atom. The summed E-state index contributed by atoms with van der Waals surface area (Å²) in [7, 11) is 1.79. The predicted molar refractivity (Wildman–Crippen MR) is 75.5 cm³/mol. The summed E-state index contributed by atoms with van der Waals surface area (Å²) in [6.07, 6.45) is 0. The number of benzene rings is 1. The number of carbonyl (C=O) groups excluding carboxylic acids is 1. The van der Waals surface area contributed by atoms with Gasteiger partial charge >= 0.3 is 0 Å². The van der Waals surface area contributed by atoms with Crippen LogP contribution in [0.15, 0.2) is 30.3 Å². The highest BCUT2D eigenvalue weighted by Gasteiger charge is 2.72. The van der Waals surface area contributed by atoms with Gasteiger partial charge in [-0.25, -0.2) is 0 Å². The molecule has 2 rings (SSSR count). The van der Waals surface area contributed by atoms with Crippen molar-refractivity contribution in [2.75, 3.05) is 7.05 Å². The molecule has 1 aliphatic rings. The van der Waals surface area contributed by atoms with Gasteiger partial charge in [0.1, 0.15) is 0 Å². The van der Waals surface area contributed by atoms with E-state index in [4.69, 9.17) is 0 Å². The van der Waals surface area contributed by atoms with Gasteiger partial charge in [-0.15, -0.1) is 0 Å². The highest BCUT2D eigenvalue weighted by molar-refractivity contribution is 5.95. The van der Waals surface area contributed by atoms with E-state index in [9.17, 15) is 9.90 Å². The Bertz CT molecular complexity index is 473. The molecule has 3 nitrogen and oxygen atoms in total. The third-order valence-electron chi connectivity index (χ3n) is 4.70. The molecule has 1 aromatic carbocycles. The lowest BCUT2D eigenvalue weighted by molar-refractivity contribution is -0.240. The largest absolute Gasteiger partial charge is 0.373 e. The molecule has 1 amide bonds. The first-order chi connectivity index (χ1) is 8.81. The Hall–Kier alpha value is -1.35. The number of nitrogens with zero attached hydrogens (tertiary/aromatic N) is 1. The Morgan fingerprint density at radius 2 is 1.53 bits per heavy atom. The van der Waals surface area contributed by atoms with E-state index in [0.717, 1.165) is 0 Å². The molecule has 1 atom stereocenters. The summed E-state index contributed by atoms with van der Waals surface area (Å²) < 4.78 is 0. The highest BCUT2D eigenvalue weighted by atomic mass is 16.3. The first kappa shape index (κ1) is 14.1. The molecule has 0 bridgehead atoms. The number of carbonyl (C=O) groups is 1. The minimum absolute atomic E-state index is 0.167. The quantitative estimate of drug-likeness (QED) is 0.849. The number of likely N-dealkylation sites (tertiary alicyclic amines) is 1. The van der Waals surface area contributed by atoms with Crippen LogP contribution in [-0.4, -0.2) is 28.5 Å². The molecule has 1 unspecified atom stereocenters. The number of aliphatic hydroxyl groups is 1. The second kappa shape index (κ2) is 4.34. The molecule has 0 spiro atoms. The molecule has 0 aromatic heterocycles. The molecule has 1 saturated heterocycles. The maximum atomic E-state index is 12.4. The zero-order valence-corrected chi connectivity index (χ0v) is 12.3. The first-order valence-electron chi connectivity index (χ1n) is 6.87. The normalized spacial score (nSPS) is 25.9. The van der Waals surface area contributed by atoms with Crippen molar-refractivity contribution in [3.63, 3.8) is 0 Å². The highest BCUT2D eigenvalue weighted by Crippen LogP contribution is 2.55. The minimum atomic E-state index is -1.41. The van der Waals surface area contributed by atoms with Gasteiger partial charge in [0.2, 0.25) is 0 Å². The van der Waals surface area contributed by atoms with Crippen LogP contribution in [0.4, 0.5) is 0 Å². The van der Waals surface area contributed by atoms with Gasteiger partial charge in [-0.3, -0.25) is 4.79 Å². The SMILES string of the molecule is CC(C)C1(C(C)C)N(C)C(=O)C1(O)c1ccccc1. The first-order valence-corrected chi connectivity index (χ1v) is 6.87. The van der Waals surface area contributed by atoms with E-state index in [1.165, 1.54) is 0 Å². The van der Waals surface area contributed by atoms with E-state index in [1.807, 2.05) is 30.3 Å². The van der Waals surface area contributed by atoms with Crippen molar-refractivity contribution >= 4 is 5.91 Å². The van der Waals surface area contributed by atoms with E-state index in [1.54, 1.807) is 11.9 Å². The molecular weight excluding hydrogens is 238 g/mol. The number of likely N-dealkylation sites (N-methyl/N-ethyl adjacent to an activating group) is 1. The Balaban J connectivity index is 2.63. The standard InChI is InChI=1S/C16H23NO2/c1-11(2)15(12(3)4)16(19,14(18)17(15)5)13-9-7-6-8-10-13/h6-12,19H,1-5H3.